The van der Waals surface area contributed by atoms with Crippen molar-refractivity contribution in [1.82, 2.24) is 4.90 Å². The maximum Gasteiger partial charge on any atom is 0.229 e. The zero-order valence-corrected chi connectivity index (χ0v) is 15.5. The van der Waals surface area contributed by atoms with Crippen LogP contribution in [-0.2, 0) is 16.1 Å². The van der Waals surface area contributed by atoms with Crippen LogP contribution in [0.2, 0.25) is 0 Å². The molecule has 0 aliphatic carbocycles. The van der Waals surface area contributed by atoms with Gasteiger partial charge < -0.3 is 15.0 Å². The van der Waals surface area contributed by atoms with Crippen LogP contribution < -0.4 is 10.1 Å². The van der Waals surface area contributed by atoms with Crippen LogP contribution in [0.3, 0.4) is 0 Å². The molecule has 1 aliphatic rings. The molecule has 0 aromatic heterocycles. The molecule has 3 rings (SSSR count). The highest BCUT2D eigenvalue weighted by Gasteiger charge is 2.34. The standard InChI is InChI=1S/C22H24N2O3/c1-3-11-27-20-6-4-5-19(13-20)23-22(26)18-12-21(25)24(15-18)14-17-9-7-16(2)8-10-17/h3-10,13,18H,1,11-12,14-15H2,2H3,(H,23,26). The van der Waals surface area contributed by atoms with Gasteiger partial charge in [0.15, 0.2) is 0 Å². The predicted molar refractivity (Wildman–Crippen MR) is 105 cm³/mol. The van der Waals surface area contributed by atoms with Gasteiger partial charge in [-0.1, -0.05) is 48.6 Å². The van der Waals surface area contributed by atoms with Crippen LogP contribution in [0.25, 0.3) is 0 Å². The smallest absolute Gasteiger partial charge is 0.229 e. The topological polar surface area (TPSA) is 58.6 Å². The van der Waals surface area contributed by atoms with Crippen LogP contribution in [-0.4, -0.2) is 29.9 Å². The molecule has 140 valence electrons. The van der Waals surface area contributed by atoms with Gasteiger partial charge in [-0.2, -0.15) is 0 Å². The molecule has 2 amide bonds. The molecule has 0 radical (unpaired) electrons. The van der Waals surface area contributed by atoms with Crippen molar-refractivity contribution in [2.24, 2.45) is 5.92 Å². The number of carbonyl (C=O) groups excluding carboxylic acids is 2. The first kappa shape index (κ1) is 18.7. The zero-order valence-electron chi connectivity index (χ0n) is 15.5. The summed E-state index contributed by atoms with van der Waals surface area (Å²) in [7, 11) is 0. The lowest BCUT2D eigenvalue weighted by Crippen LogP contribution is -2.28. The number of nitrogens with one attached hydrogen (secondary N) is 1. The van der Waals surface area contributed by atoms with Crippen molar-refractivity contribution in [3.63, 3.8) is 0 Å². The van der Waals surface area contributed by atoms with E-state index >= 15 is 0 Å². The van der Waals surface area contributed by atoms with E-state index in [1.165, 1.54) is 5.56 Å². The van der Waals surface area contributed by atoms with E-state index in [2.05, 4.69) is 11.9 Å². The average molecular weight is 364 g/mol. The lowest BCUT2D eigenvalue weighted by molar-refractivity contribution is -0.128. The van der Waals surface area contributed by atoms with E-state index in [0.29, 0.717) is 31.1 Å². The van der Waals surface area contributed by atoms with Crippen molar-refractivity contribution in [1.29, 1.82) is 0 Å². The lowest BCUT2D eigenvalue weighted by atomic mass is 10.1. The Morgan fingerprint density at radius 1 is 1.30 bits per heavy atom. The molecule has 1 atom stereocenters. The maximum absolute atomic E-state index is 12.6. The molecule has 5 nitrogen and oxygen atoms in total. The summed E-state index contributed by atoms with van der Waals surface area (Å²) in [4.78, 5) is 26.6. The van der Waals surface area contributed by atoms with E-state index in [4.69, 9.17) is 4.74 Å². The fourth-order valence-electron chi connectivity index (χ4n) is 3.08. The van der Waals surface area contributed by atoms with Gasteiger partial charge in [-0.15, -0.1) is 0 Å². The first-order chi connectivity index (χ1) is 13.0. The summed E-state index contributed by atoms with van der Waals surface area (Å²) in [6, 6.07) is 15.3. The summed E-state index contributed by atoms with van der Waals surface area (Å²) >= 11 is 0. The largest absolute Gasteiger partial charge is 0.489 e. The molecule has 1 unspecified atom stereocenters. The summed E-state index contributed by atoms with van der Waals surface area (Å²) in [5.41, 5.74) is 2.91. The van der Waals surface area contributed by atoms with E-state index in [1.54, 1.807) is 23.1 Å². The van der Waals surface area contributed by atoms with Crippen molar-refractivity contribution >= 4 is 17.5 Å². The minimum atomic E-state index is -0.347. The van der Waals surface area contributed by atoms with Gasteiger partial charge in [-0.25, -0.2) is 0 Å². The Labute approximate surface area is 159 Å². The number of ether oxygens (including phenoxy) is 1. The molecule has 1 aliphatic heterocycles. The fourth-order valence-corrected chi connectivity index (χ4v) is 3.08. The van der Waals surface area contributed by atoms with Gasteiger partial charge >= 0.3 is 0 Å². The highest BCUT2D eigenvalue weighted by atomic mass is 16.5. The highest BCUT2D eigenvalue weighted by molar-refractivity contribution is 5.97. The second kappa shape index (κ2) is 8.54. The Bertz CT molecular complexity index is 830. The first-order valence-electron chi connectivity index (χ1n) is 9.03. The van der Waals surface area contributed by atoms with Crippen molar-refractivity contribution in [2.75, 3.05) is 18.5 Å². The van der Waals surface area contributed by atoms with Gasteiger partial charge in [0.2, 0.25) is 11.8 Å². The third-order valence-corrected chi connectivity index (χ3v) is 4.55. The van der Waals surface area contributed by atoms with E-state index in [9.17, 15) is 9.59 Å². The Kier molecular flexibility index (Phi) is 5.91. The molecule has 1 heterocycles. The maximum atomic E-state index is 12.6. The molecule has 0 saturated carbocycles. The first-order valence-corrected chi connectivity index (χ1v) is 9.03. The Balaban J connectivity index is 1.58. The Morgan fingerprint density at radius 2 is 2.07 bits per heavy atom. The molecule has 0 spiro atoms. The predicted octanol–water partition coefficient (Wildman–Crippen LogP) is 3.55. The number of hydrogen-bond acceptors (Lipinski definition) is 3. The summed E-state index contributed by atoms with van der Waals surface area (Å²) in [5.74, 6) is 0.186. The molecule has 2 aromatic rings. The number of anilines is 1. The van der Waals surface area contributed by atoms with Crippen LogP contribution in [0, 0.1) is 12.8 Å². The minimum Gasteiger partial charge on any atom is -0.489 e. The highest BCUT2D eigenvalue weighted by Crippen LogP contribution is 2.23. The van der Waals surface area contributed by atoms with Gasteiger partial charge in [-0.3, -0.25) is 9.59 Å². The number of aryl methyl sites for hydroxylation is 1. The molecular formula is C22H24N2O3. The second-order valence-corrected chi connectivity index (χ2v) is 6.78. The van der Waals surface area contributed by atoms with E-state index in [1.807, 2.05) is 43.3 Å². The number of benzene rings is 2. The monoisotopic (exact) mass is 364 g/mol. The third kappa shape index (κ3) is 4.97. The summed E-state index contributed by atoms with van der Waals surface area (Å²) in [5, 5.41) is 2.89. The summed E-state index contributed by atoms with van der Waals surface area (Å²) in [6.45, 7) is 7.02. The molecule has 27 heavy (non-hydrogen) atoms. The van der Waals surface area contributed by atoms with Crippen LogP contribution in [0.5, 0.6) is 5.75 Å². The molecular weight excluding hydrogens is 340 g/mol. The van der Waals surface area contributed by atoms with E-state index in [-0.39, 0.29) is 24.2 Å². The van der Waals surface area contributed by atoms with Crippen LogP contribution >= 0.6 is 0 Å². The van der Waals surface area contributed by atoms with Crippen LogP contribution in [0.4, 0.5) is 5.69 Å². The number of nitrogens with zero attached hydrogens (tertiary/aromatic N) is 1. The summed E-state index contributed by atoms with van der Waals surface area (Å²) < 4.78 is 5.48. The van der Waals surface area contributed by atoms with Gasteiger partial charge in [0, 0.05) is 31.3 Å². The Hall–Kier alpha value is -3.08. The molecule has 0 bridgehead atoms. The molecule has 1 N–H and O–H groups in total. The number of hydrogen-bond donors (Lipinski definition) is 1. The number of rotatable bonds is 7. The minimum absolute atomic E-state index is 0.0128. The van der Waals surface area contributed by atoms with Gasteiger partial charge in [0.1, 0.15) is 12.4 Å². The van der Waals surface area contributed by atoms with Gasteiger partial charge in [0.05, 0.1) is 5.92 Å². The van der Waals surface area contributed by atoms with Crippen molar-refractivity contribution < 1.29 is 14.3 Å². The Morgan fingerprint density at radius 3 is 2.81 bits per heavy atom. The molecule has 1 fully saturated rings. The number of amides is 2. The van der Waals surface area contributed by atoms with E-state index in [0.717, 1.165) is 5.56 Å². The third-order valence-electron chi connectivity index (χ3n) is 4.55. The van der Waals surface area contributed by atoms with Crippen molar-refractivity contribution in [3.05, 3.63) is 72.3 Å². The fraction of sp³-hybridized carbons (Fsp3) is 0.273. The van der Waals surface area contributed by atoms with Crippen molar-refractivity contribution in [3.8, 4) is 5.75 Å². The second-order valence-electron chi connectivity index (χ2n) is 6.78. The average Bonchev–Trinajstić information content (AvgIpc) is 3.03. The van der Waals surface area contributed by atoms with Gasteiger partial charge in [-0.05, 0) is 24.6 Å². The normalized spacial score (nSPS) is 16.3. The van der Waals surface area contributed by atoms with Crippen molar-refractivity contribution in [2.45, 2.75) is 19.9 Å². The SMILES string of the molecule is C=CCOc1cccc(NC(=O)C2CC(=O)N(Cc3ccc(C)cc3)C2)c1. The van der Waals surface area contributed by atoms with Crippen LogP contribution in [0.15, 0.2) is 61.2 Å². The molecule has 1 saturated heterocycles. The lowest BCUT2D eigenvalue weighted by Gasteiger charge is -2.17. The van der Waals surface area contributed by atoms with E-state index < -0.39 is 0 Å². The number of carbonyl (C=O) groups is 2. The van der Waals surface area contributed by atoms with Gasteiger partial charge in [0.25, 0.3) is 0 Å². The van der Waals surface area contributed by atoms with Crippen LogP contribution in [0.1, 0.15) is 17.5 Å². The summed E-state index contributed by atoms with van der Waals surface area (Å²) in [6.07, 6.45) is 1.91. The molecule has 2 aromatic carbocycles. The quantitative estimate of drug-likeness (QED) is 0.765. The number of likely N-dealkylation sites (tertiary alicyclic amines) is 1. The zero-order chi connectivity index (χ0) is 19.2. The molecule has 5 heteroatoms.